The Bertz CT molecular complexity index is 450. The second-order valence-electron chi connectivity index (χ2n) is 5.71. The van der Waals surface area contributed by atoms with E-state index in [1.165, 1.54) is 0 Å². The van der Waals surface area contributed by atoms with Crippen LogP contribution >= 0.6 is 0 Å². The lowest BCUT2D eigenvalue weighted by Crippen LogP contribution is -2.51. The van der Waals surface area contributed by atoms with Crippen molar-refractivity contribution >= 4 is 6.09 Å². The third kappa shape index (κ3) is 4.71. The first-order chi connectivity index (χ1) is 10.7. The van der Waals surface area contributed by atoms with E-state index >= 15 is 0 Å². The summed E-state index contributed by atoms with van der Waals surface area (Å²) in [5.74, 6) is 0. The summed E-state index contributed by atoms with van der Waals surface area (Å²) in [7, 11) is 0. The molecule has 22 heavy (non-hydrogen) atoms. The largest absolute Gasteiger partial charge is 0.445 e. The van der Waals surface area contributed by atoms with Gasteiger partial charge in [0.2, 0.25) is 0 Å². The predicted octanol–water partition coefficient (Wildman–Crippen LogP) is 2.07. The van der Waals surface area contributed by atoms with Gasteiger partial charge < -0.3 is 20.3 Å². The zero-order chi connectivity index (χ0) is 15.8. The molecule has 0 aliphatic carbocycles. The van der Waals surface area contributed by atoms with E-state index in [1.807, 2.05) is 42.2 Å². The maximum atomic E-state index is 12.4. The average molecular weight is 305 g/mol. The molecule has 1 aliphatic heterocycles. The van der Waals surface area contributed by atoms with Crippen molar-refractivity contribution in [1.82, 2.24) is 9.80 Å². The molecule has 0 radical (unpaired) electrons. The van der Waals surface area contributed by atoms with Crippen molar-refractivity contribution in [3.63, 3.8) is 0 Å². The third-order valence-electron chi connectivity index (χ3n) is 4.15. The van der Waals surface area contributed by atoms with E-state index in [0.29, 0.717) is 19.7 Å². The minimum atomic E-state index is -0.217. The van der Waals surface area contributed by atoms with Crippen molar-refractivity contribution in [2.24, 2.45) is 5.73 Å². The van der Waals surface area contributed by atoms with Gasteiger partial charge in [-0.15, -0.1) is 0 Å². The molecule has 1 fully saturated rings. The van der Waals surface area contributed by atoms with Crippen molar-refractivity contribution in [2.45, 2.75) is 32.4 Å². The van der Waals surface area contributed by atoms with Gasteiger partial charge in [0, 0.05) is 32.2 Å². The molecule has 0 aromatic heterocycles. The van der Waals surface area contributed by atoms with Crippen LogP contribution in [-0.4, -0.2) is 54.7 Å². The molecule has 1 amide bonds. The van der Waals surface area contributed by atoms with E-state index in [2.05, 4.69) is 4.90 Å². The van der Waals surface area contributed by atoms with Gasteiger partial charge in [-0.05, 0) is 31.9 Å². The molecule has 5 nitrogen and oxygen atoms in total. The van der Waals surface area contributed by atoms with Gasteiger partial charge in [-0.2, -0.15) is 0 Å². The summed E-state index contributed by atoms with van der Waals surface area (Å²) in [5, 5.41) is 0. The quantitative estimate of drug-likeness (QED) is 0.874. The SMILES string of the molecule is CCN(C(=O)OCc1ccccc1)[C@@H]1CCCN(CCN)C1. The van der Waals surface area contributed by atoms with Crippen LogP contribution in [0.5, 0.6) is 0 Å². The highest BCUT2D eigenvalue weighted by Gasteiger charge is 2.28. The second kappa shape index (κ2) is 8.76. The van der Waals surface area contributed by atoms with Crippen molar-refractivity contribution in [2.75, 3.05) is 32.7 Å². The Morgan fingerprint density at radius 1 is 1.41 bits per heavy atom. The van der Waals surface area contributed by atoms with Crippen LogP contribution in [0.4, 0.5) is 4.79 Å². The molecule has 5 heteroatoms. The van der Waals surface area contributed by atoms with Crippen LogP contribution in [0.15, 0.2) is 30.3 Å². The van der Waals surface area contributed by atoms with Gasteiger partial charge in [-0.3, -0.25) is 0 Å². The van der Waals surface area contributed by atoms with Crippen LogP contribution in [0.1, 0.15) is 25.3 Å². The molecule has 1 atom stereocenters. The van der Waals surface area contributed by atoms with E-state index in [1.54, 1.807) is 0 Å². The van der Waals surface area contributed by atoms with Crippen LogP contribution < -0.4 is 5.73 Å². The first-order valence-corrected chi connectivity index (χ1v) is 8.14. The van der Waals surface area contributed by atoms with Gasteiger partial charge >= 0.3 is 6.09 Å². The minimum Gasteiger partial charge on any atom is -0.445 e. The van der Waals surface area contributed by atoms with Crippen molar-refractivity contribution in [3.05, 3.63) is 35.9 Å². The monoisotopic (exact) mass is 305 g/mol. The molecular formula is C17H27N3O2. The van der Waals surface area contributed by atoms with Gasteiger partial charge in [-0.25, -0.2) is 4.79 Å². The Morgan fingerprint density at radius 3 is 2.86 bits per heavy atom. The molecule has 1 aromatic carbocycles. The molecule has 0 saturated carbocycles. The Hall–Kier alpha value is -1.59. The number of hydrogen-bond acceptors (Lipinski definition) is 4. The highest BCUT2D eigenvalue weighted by Crippen LogP contribution is 2.17. The molecule has 0 unspecified atom stereocenters. The van der Waals surface area contributed by atoms with Gasteiger partial charge in [0.05, 0.1) is 0 Å². The molecule has 1 aliphatic rings. The van der Waals surface area contributed by atoms with Crippen LogP contribution in [0, 0.1) is 0 Å². The first-order valence-electron chi connectivity index (χ1n) is 8.14. The highest BCUT2D eigenvalue weighted by molar-refractivity contribution is 5.68. The lowest BCUT2D eigenvalue weighted by molar-refractivity contribution is 0.0592. The van der Waals surface area contributed by atoms with E-state index < -0.39 is 0 Å². The smallest absolute Gasteiger partial charge is 0.410 e. The molecule has 2 rings (SSSR count). The van der Waals surface area contributed by atoms with E-state index in [4.69, 9.17) is 10.5 Å². The summed E-state index contributed by atoms with van der Waals surface area (Å²) in [6.45, 7) is 6.54. The molecule has 122 valence electrons. The standard InChI is InChI=1S/C17H27N3O2/c1-2-20(16-9-6-11-19(13-16)12-10-18)17(21)22-14-15-7-4-3-5-8-15/h3-5,7-8,16H,2,6,9-14,18H2,1H3/t16-/m1/s1. The van der Waals surface area contributed by atoms with Crippen LogP contribution in [-0.2, 0) is 11.3 Å². The number of nitrogens with two attached hydrogens (primary N) is 1. The number of carbonyl (C=O) groups excluding carboxylic acids is 1. The molecular weight excluding hydrogens is 278 g/mol. The summed E-state index contributed by atoms with van der Waals surface area (Å²) >= 11 is 0. The Morgan fingerprint density at radius 2 is 2.18 bits per heavy atom. The molecule has 1 saturated heterocycles. The topological polar surface area (TPSA) is 58.8 Å². The lowest BCUT2D eigenvalue weighted by atomic mass is 10.0. The Labute approximate surface area is 133 Å². The molecule has 0 spiro atoms. The van der Waals surface area contributed by atoms with Gasteiger partial charge in [0.15, 0.2) is 0 Å². The zero-order valence-corrected chi connectivity index (χ0v) is 13.4. The maximum Gasteiger partial charge on any atom is 0.410 e. The predicted molar refractivity (Wildman–Crippen MR) is 87.5 cm³/mol. The number of ether oxygens (including phenoxy) is 1. The number of likely N-dealkylation sites (N-methyl/N-ethyl adjacent to an activating group) is 1. The molecule has 1 aromatic rings. The fourth-order valence-electron chi connectivity index (χ4n) is 3.01. The van der Waals surface area contributed by atoms with Crippen molar-refractivity contribution in [3.8, 4) is 0 Å². The normalized spacial score (nSPS) is 18.9. The first kappa shape index (κ1) is 16.8. The summed E-state index contributed by atoms with van der Waals surface area (Å²) in [6, 6.07) is 10.0. The molecule has 0 bridgehead atoms. The fourth-order valence-corrected chi connectivity index (χ4v) is 3.01. The van der Waals surface area contributed by atoms with Gasteiger partial charge in [0.25, 0.3) is 0 Å². The maximum absolute atomic E-state index is 12.4. The number of rotatable bonds is 6. The fraction of sp³-hybridized carbons (Fsp3) is 0.588. The number of amides is 1. The van der Waals surface area contributed by atoms with Gasteiger partial charge in [0.1, 0.15) is 6.61 Å². The van der Waals surface area contributed by atoms with E-state index in [0.717, 1.165) is 38.0 Å². The number of benzene rings is 1. The number of piperidine rings is 1. The summed E-state index contributed by atoms with van der Waals surface area (Å²) < 4.78 is 5.47. The highest BCUT2D eigenvalue weighted by atomic mass is 16.6. The van der Waals surface area contributed by atoms with Crippen LogP contribution in [0.25, 0.3) is 0 Å². The van der Waals surface area contributed by atoms with Crippen LogP contribution in [0.2, 0.25) is 0 Å². The number of likely N-dealkylation sites (tertiary alicyclic amines) is 1. The zero-order valence-electron chi connectivity index (χ0n) is 13.4. The summed E-state index contributed by atoms with van der Waals surface area (Å²) in [4.78, 5) is 16.6. The number of hydrogen-bond donors (Lipinski definition) is 1. The van der Waals surface area contributed by atoms with E-state index in [-0.39, 0.29) is 12.1 Å². The minimum absolute atomic E-state index is 0.217. The summed E-state index contributed by atoms with van der Waals surface area (Å²) in [6.07, 6.45) is 1.92. The average Bonchev–Trinajstić information content (AvgIpc) is 2.55. The second-order valence-corrected chi connectivity index (χ2v) is 5.71. The summed E-state index contributed by atoms with van der Waals surface area (Å²) in [5.41, 5.74) is 6.65. The van der Waals surface area contributed by atoms with Gasteiger partial charge in [-0.1, -0.05) is 30.3 Å². The number of carbonyl (C=O) groups is 1. The van der Waals surface area contributed by atoms with Crippen molar-refractivity contribution < 1.29 is 9.53 Å². The third-order valence-corrected chi connectivity index (χ3v) is 4.15. The lowest BCUT2D eigenvalue weighted by Gasteiger charge is -2.38. The van der Waals surface area contributed by atoms with Crippen LogP contribution in [0.3, 0.4) is 0 Å². The molecule has 2 N–H and O–H groups in total. The van der Waals surface area contributed by atoms with E-state index in [9.17, 15) is 4.79 Å². The molecule has 1 heterocycles. The Balaban J connectivity index is 1.88. The number of nitrogens with zero attached hydrogens (tertiary/aromatic N) is 2. The van der Waals surface area contributed by atoms with Crippen molar-refractivity contribution in [1.29, 1.82) is 0 Å². The Kier molecular flexibility index (Phi) is 6.68.